The molecule has 0 radical (unpaired) electrons. The fourth-order valence-corrected chi connectivity index (χ4v) is 2.13. The second kappa shape index (κ2) is 4.68. The van der Waals surface area contributed by atoms with Gasteiger partial charge in [0.25, 0.3) is 0 Å². The first kappa shape index (κ1) is 12.4. The number of aryl methyl sites for hydroxylation is 1. The Morgan fingerprint density at radius 3 is 2.61 bits per heavy atom. The number of aromatic carboxylic acids is 1. The van der Waals surface area contributed by atoms with Gasteiger partial charge in [-0.1, -0.05) is 0 Å². The fourth-order valence-electron chi connectivity index (χ4n) is 2.13. The van der Waals surface area contributed by atoms with Crippen molar-refractivity contribution >= 4 is 17.3 Å². The van der Waals surface area contributed by atoms with Gasteiger partial charge in [-0.05, 0) is 32.9 Å². The van der Waals surface area contributed by atoms with Crippen LogP contribution in [0.5, 0.6) is 0 Å². The molecule has 2 aromatic rings. The first-order valence-corrected chi connectivity index (χ1v) is 6.05. The van der Waals surface area contributed by atoms with E-state index in [1.165, 1.54) is 0 Å². The summed E-state index contributed by atoms with van der Waals surface area (Å²) in [5.41, 5.74) is 2.52. The van der Waals surface area contributed by atoms with Crippen LogP contribution in [-0.2, 0) is 0 Å². The summed E-state index contributed by atoms with van der Waals surface area (Å²) in [5, 5.41) is 9.05. The standard InChI is InChI=1S/C13H17N3O2/c1-4-15(5-2)10-6-7-11-14-12(13(17)18)9(3)16(11)8-10/h6-8H,4-5H2,1-3H3,(H,17,18). The molecule has 1 N–H and O–H groups in total. The summed E-state index contributed by atoms with van der Waals surface area (Å²) in [7, 11) is 0. The SMILES string of the molecule is CCN(CC)c1ccc2nc(C(=O)O)c(C)n2c1. The summed E-state index contributed by atoms with van der Waals surface area (Å²) in [5.74, 6) is -0.986. The van der Waals surface area contributed by atoms with Crippen LogP contribution >= 0.6 is 0 Å². The van der Waals surface area contributed by atoms with Gasteiger partial charge in [-0.2, -0.15) is 0 Å². The predicted octanol–water partition coefficient (Wildman–Crippen LogP) is 2.19. The number of hydrogen-bond donors (Lipinski definition) is 1. The van der Waals surface area contributed by atoms with Crippen LogP contribution in [0.25, 0.3) is 5.65 Å². The van der Waals surface area contributed by atoms with Gasteiger partial charge in [-0.3, -0.25) is 0 Å². The van der Waals surface area contributed by atoms with Gasteiger partial charge in [0.1, 0.15) is 5.65 Å². The smallest absolute Gasteiger partial charge is 0.356 e. The Morgan fingerprint density at radius 1 is 1.39 bits per heavy atom. The molecule has 2 heterocycles. The minimum absolute atomic E-state index is 0.117. The molecule has 0 aromatic carbocycles. The summed E-state index contributed by atoms with van der Waals surface area (Å²) in [6, 6.07) is 3.83. The Hall–Kier alpha value is -2.04. The second-order valence-electron chi connectivity index (χ2n) is 4.14. The third kappa shape index (κ3) is 1.92. The molecule has 2 aromatic heterocycles. The molecular formula is C13H17N3O2. The highest BCUT2D eigenvalue weighted by Crippen LogP contribution is 2.18. The molecule has 0 fully saturated rings. The first-order valence-electron chi connectivity index (χ1n) is 6.05. The van der Waals surface area contributed by atoms with E-state index in [0.717, 1.165) is 18.8 Å². The number of pyridine rings is 1. The number of hydrogen-bond acceptors (Lipinski definition) is 3. The maximum atomic E-state index is 11.0. The van der Waals surface area contributed by atoms with Crippen molar-refractivity contribution in [3.05, 3.63) is 29.7 Å². The number of anilines is 1. The minimum Gasteiger partial charge on any atom is -0.476 e. The van der Waals surface area contributed by atoms with Crippen molar-refractivity contribution in [2.24, 2.45) is 0 Å². The molecule has 0 unspecified atom stereocenters. The van der Waals surface area contributed by atoms with Gasteiger partial charge in [0.05, 0.1) is 11.4 Å². The van der Waals surface area contributed by atoms with Crippen molar-refractivity contribution in [3.8, 4) is 0 Å². The van der Waals surface area contributed by atoms with Crippen molar-refractivity contribution in [2.45, 2.75) is 20.8 Å². The van der Waals surface area contributed by atoms with E-state index >= 15 is 0 Å². The highest BCUT2D eigenvalue weighted by Gasteiger charge is 2.15. The third-order valence-electron chi connectivity index (χ3n) is 3.17. The fraction of sp³-hybridized carbons (Fsp3) is 0.385. The van der Waals surface area contributed by atoms with Gasteiger partial charge in [-0.15, -0.1) is 0 Å². The van der Waals surface area contributed by atoms with E-state index in [0.29, 0.717) is 11.3 Å². The van der Waals surface area contributed by atoms with Crippen LogP contribution in [0.1, 0.15) is 30.0 Å². The number of imidazole rings is 1. The van der Waals surface area contributed by atoms with Crippen LogP contribution in [0.4, 0.5) is 5.69 Å². The van der Waals surface area contributed by atoms with Gasteiger partial charge in [-0.25, -0.2) is 9.78 Å². The lowest BCUT2D eigenvalue weighted by molar-refractivity contribution is 0.0690. The van der Waals surface area contributed by atoms with Gasteiger partial charge in [0.2, 0.25) is 0 Å². The molecule has 0 saturated heterocycles. The Bertz CT molecular complexity index is 585. The zero-order valence-electron chi connectivity index (χ0n) is 10.8. The average Bonchev–Trinajstić information content (AvgIpc) is 2.69. The maximum Gasteiger partial charge on any atom is 0.356 e. The van der Waals surface area contributed by atoms with Crippen molar-refractivity contribution in [1.29, 1.82) is 0 Å². The number of carboxylic acid groups (broad SMARTS) is 1. The number of fused-ring (bicyclic) bond motifs is 1. The van der Waals surface area contributed by atoms with Crippen LogP contribution in [-0.4, -0.2) is 33.6 Å². The van der Waals surface area contributed by atoms with Crippen LogP contribution in [0.15, 0.2) is 18.3 Å². The number of aromatic nitrogens is 2. The van der Waals surface area contributed by atoms with Crippen LogP contribution in [0.2, 0.25) is 0 Å². The molecule has 0 aliphatic carbocycles. The summed E-state index contributed by atoms with van der Waals surface area (Å²) in [6.45, 7) is 7.80. The molecule has 0 atom stereocenters. The van der Waals surface area contributed by atoms with Crippen molar-refractivity contribution in [1.82, 2.24) is 9.38 Å². The first-order chi connectivity index (χ1) is 8.58. The normalized spacial score (nSPS) is 10.8. The van der Waals surface area contributed by atoms with E-state index in [2.05, 4.69) is 23.7 Å². The number of carboxylic acids is 1. The van der Waals surface area contributed by atoms with Crippen LogP contribution < -0.4 is 4.90 Å². The van der Waals surface area contributed by atoms with Gasteiger partial charge < -0.3 is 14.4 Å². The third-order valence-corrected chi connectivity index (χ3v) is 3.17. The quantitative estimate of drug-likeness (QED) is 0.899. The van der Waals surface area contributed by atoms with Gasteiger partial charge in [0, 0.05) is 19.3 Å². The Balaban J connectivity index is 2.57. The Kier molecular flexibility index (Phi) is 3.23. The highest BCUT2D eigenvalue weighted by molar-refractivity contribution is 5.87. The van der Waals surface area contributed by atoms with Crippen LogP contribution in [0, 0.1) is 6.92 Å². The predicted molar refractivity (Wildman–Crippen MR) is 70.4 cm³/mol. The molecule has 0 bridgehead atoms. The van der Waals surface area contributed by atoms with Crippen molar-refractivity contribution < 1.29 is 9.90 Å². The Labute approximate surface area is 106 Å². The molecule has 5 nitrogen and oxygen atoms in total. The highest BCUT2D eigenvalue weighted by atomic mass is 16.4. The van der Waals surface area contributed by atoms with E-state index in [1.807, 2.05) is 22.7 Å². The molecule has 0 spiro atoms. The average molecular weight is 247 g/mol. The molecule has 96 valence electrons. The van der Waals surface area contributed by atoms with Gasteiger partial charge in [0.15, 0.2) is 5.69 Å². The molecule has 5 heteroatoms. The minimum atomic E-state index is -0.986. The summed E-state index contributed by atoms with van der Waals surface area (Å²) >= 11 is 0. The summed E-state index contributed by atoms with van der Waals surface area (Å²) < 4.78 is 1.83. The molecule has 0 amide bonds. The lowest BCUT2D eigenvalue weighted by atomic mass is 10.3. The summed E-state index contributed by atoms with van der Waals surface area (Å²) in [6.07, 6.45) is 1.94. The number of nitrogens with zero attached hydrogens (tertiary/aromatic N) is 3. The maximum absolute atomic E-state index is 11.0. The molecule has 18 heavy (non-hydrogen) atoms. The number of carbonyl (C=O) groups is 1. The lowest BCUT2D eigenvalue weighted by Crippen LogP contribution is -2.22. The van der Waals surface area contributed by atoms with E-state index < -0.39 is 5.97 Å². The second-order valence-corrected chi connectivity index (χ2v) is 4.14. The van der Waals surface area contributed by atoms with Crippen molar-refractivity contribution in [2.75, 3.05) is 18.0 Å². The van der Waals surface area contributed by atoms with E-state index in [-0.39, 0.29) is 5.69 Å². The molecule has 0 aliphatic rings. The molecule has 2 rings (SSSR count). The van der Waals surface area contributed by atoms with E-state index in [9.17, 15) is 4.79 Å². The molecular weight excluding hydrogens is 230 g/mol. The Morgan fingerprint density at radius 2 is 2.06 bits per heavy atom. The van der Waals surface area contributed by atoms with Gasteiger partial charge >= 0.3 is 5.97 Å². The summed E-state index contributed by atoms with van der Waals surface area (Å²) in [4.78, 5) is 17.4. The van der Waals surface area contributed by atoms with E-state index in [1.54, 1.807) is 6.92 Å². The van der Waals surface area contributed by atoms with E-state index in [4.69, 9.17) is 5.11 Å². The van der Waals surface area contributed by atoms with Crippen molar-refractivity contribution in [3.63, 3.8) is 0 Å². The topological polar surface area (TPSA) is 57.8 Å². The monoisotopic (exact) mass is 247 g/mol. The van der Waals surface area contributed by atoms with Crippen LogP contribution in [0.3, 0.4) is 0 Å². The molecule has 0 aliphatic heterocycles. The number of rotatable bonds is 4. The zero-order valence-corrected chi connectivity index (χ0v) is 10.8. The zero-order chi connectivity index (χ0) is 13.3. The largest absolute Gasteiger partial charge is 0.476 e. The molecule has 0 saturated carbocycles. The lowest BCUT2D eigenvalue weighted by Gasteiger charge is -2.21.